The van der Waals surface area contributed by atoms with Gasteiger partial charge in [0.15, 0.2) is 12.2 Å². The third-order valence-electron chi connectivity index (χ3n) is 19.9. The van der Waals surface area contributed by atoms with E-state index in [2.05, 4.69) is 41.5 Å². The van der Waals surface area contributed by atoms with Crippen molar-refractivity contribution in [3.63, 3.8) is 0 Å². The summed E-state index contributed by atoms with van der Waals surface area (Å²) in [5.74, 6) is -0.611. The number of phosphoric acid groups is 2. The SMILES string of the molecule is CCCCCCCCCCCCCCCCCCCCCCCC(=O)O[C@H](COC(=O)CCCCCCCCCCCCCCCCCCCC)COP(=O)(O)OC[C@@H](O)COP(=O)(O)OC[C@@H](COC(=O)CCCCCCCCC(C)CC)OC(=O)CCCCCCCCCCC(C)CC. The number of carbonyl (C=O) groups is 4. The number of unbranched alkanes of at least 4 members (excludes halogenated alkanes) is 49. The summed E-state index contributed by atoms with van der Waals surface area (Å²) >= 11 is 0. The van der Waals surface area contributed by atoms with Crippen LogP contribution in [0, 0.1) is 11.8 Å². The molecule has 0 rings (SSSR count). The highest BCUT2D eigenvalue weighted by molar-refractivity contribution is 7.47. The lowest BCUT2D eigenvalue weighted by Gasteiger charge is -2.21. The zero-order valence-corrected chi connectivity index (χ0v) is 68.0. The van der Waals surface area contributed by atoms with E-state index in [-0.39, 0.29) is 25.7 Å². The molecule has 0 bridgehead atoms. The molecule has 7 atom stereocenters. The van der Waals surface area contributed by atoms with Crippen LogP contribution in [0.4, 0.5) is 0 Å². The van der Waals surface area contributed by atoms with E-state index in [9.17, 15) is 43.2 Å². The molecular formula is C82H160O17P2. The van der Waals surface area contributed by atoms with E-state index in [0.29, 0.717) is 25.7 Å². The number of aliphatic hydroxyl groups is 1. The fourth-order valence-electron chi connectivity index (χ4n) is 12.6. The lowest BCUT2D eigenvalue weighted by Crippen LogP contribution is -2.30. The summed E-state index contributed by atoms with van der Waals surface area (Å²) in [7, 11) is -9.92. The molecule has 101 heavy (non-hydrogen) atoms. The second-order valence-corrected chi connectivity index (χ2v) is 32.9. The van der Waals surface area contributed by atoms with Crippen molar-refractivity contribution in [2.75, 3.05) is 39.6 Å². The number of rotatable bonds is 81. The Hall–Kier alpha value is -1.94. The second-order valence-electron chi connectivity index (χ2n) is 30.0. The molecule has 0 aromatic heterocycles. The van der Waals surface area contributed by atoms with Crippen LogP contribution in [0.1, 0.15) is 433 Å². The van der Waals surface area contributed by atoms with Gasteiger partial charge in [-0.25, -0.2) is 9.13 Å². The van der Waals surface area contributed by atoms with E-state index in [1.807, 2.05) is 0 Å². The van der Waals surface area contributed by atoms with Crippen molar-refractivity contribution in [2.24, 2.45) is 11.8 Å². The molecule has 0 aromatic rings. The van der Waals surface area contributed by atoms with E-state index in [1.54, 1.807) is 0 Å². The van der Waals surface area contributed by atoms with Gasteiger partial charge in [0.25, 0.3) is 0 Å². The van der Waals surface area contributed by atoms with Gasteiger partial charge in [-0.2, -0.15) is 0 Å². The van der Waals surface area contributed by atoms with Crippen molar-refractivity contribution >= 4 is 39.5 Å². The van der Waals surface area contributed by atoms with Crippen LogP contribution in [-0.4, -0.2) is 96.7 Å². The number of hydrogen-bond acceptors (Lipinski definition) is 15. The predicted octanol–water partition coefficient (Wildman–Crippen LogP) is 24.7. The Balaban J connectivity index is 5.22. The van der Waals surface area contributed by atoms with E-state index >= 15 is 0 Å². The van der Waals surface area contributed by atoms with E-state index < -0.39 is 97.5 Å². The molecule has 0 aliphatic heterocycles. The van der Waals surface area contributed by atoms with Gasteiger partial charge in [0, 0.05) is 25.7 Å². The third kappa shape index (κ3) is 73.4. The first-order valence-corrected chi connectivity index (χ1v) is 45.6. The van der Waals surface area contributed by atoms with Gasteiger partial charge in [-0.05, 0) is 37.5 Å². The molecule has 4 unspecified atom stereocenters. The first-order chi connectivity index (χ1) is 48.9. The summed E-state index contributed by atoms with van der Waals surface area (Å²) in [6.07, 6.45) is 64.0. The molecule has 0 aromatic carbocycles. The molecule has 0 aliphatic carbocycles. The van der Waals surface area contributed by atoms with Crippen LogP contribution in [0.2, 0.25) is 0 Å². The largest absolute Gasteiger partial charge is 0.472 e. The molecular weight excluding hydrogens is 1320 g/mol. The summed E-state index contributed by atoms with van der Waals surface area (Å²) in [5.41, 5.74) is 0. The normalized spacial score (nSPS) is 14.4. The Kier molecular flexibility index (Phi) is 72.2. The highest BCUT2D eigenvalue weighted by Crippen LogP contribution is 2.45. The molecule has 19 heteroatoms. The lowest BCUT2D eigenvalue weighted by atomic mass is 9.99. The number of phosphoric ester groups is 2. The molecule has 0 amide bonds. The van der Waals surface area contributed by atoms with Crippen molar-refractivity contribution in [1.29, 1.82) is 0 Å². The first kappa shape index (κ1) is 99.1. The van der Waals surface area contributed by atoms with Gasteiger partial charge in [0.1, 0.15) is 19.3 Å². The van der Waals surface area contributed by atoms with Crippen molar-refractivity contribution in [2.45, 2.75) is 452 Å². The zero-order valence-electron chi connectivity index (χ0n) is 66.2. The summed E-state index contributed by atoms with van der Waals surface area (Å²) < 4.78 is 68.7. The minimum absolute atomic E-state index is 0.104. The van der Waals surface area contributed by atoms with Crippen molar-refractivity contribution in [1.82, 2.24) is 0 Å². The topological polar surface area (TPSA) is 237 Å². The average molecular weight is 1480 g/mol. The molecule has 0 spiro atoms. The minimum atomic E-state index is -4.96. The minimum Gasteiger partial charge on any atom is -0.462 e. The maximum absolute atomic E-state index is 13.1. The van der Waals surface area contributed by atoms with E-state index in [0.717, 1.165) is 108 Å². The Morgan fingerprint density at radius 3 is 0.703 bits per heavy atom. The van der Waals surface area contributed by atoms with Crippen LogP contribution < -0.4 is 0 Å². The van der Waals surface area contributed by atoms with Gasteiger partial charge >= 0.3 is 39.5 Å². The predicted molar refractivity (Wildman–Crippen MR) is 414 cm³/mol. The van der Waals surface area contributed by atoms with Crippen LogP contribution in [0.5, 0.6) is 0 Å². The Morgan fingerprint density at radius 1 is 0.277 bits per heavy atom. The maximum Gasteiger partial charge on any atom is 0.472 e. The smallest absolute Gasteiger partial charge is 0.462 e. The second kappa shape index (κ2) is 73.6. The molecule has 0 radical (unpaired) electrons. The van der Waals surface area contributed by atoms with Gasteiger partial charge in [0.05, 0.1) is 26.4 Å². The molecule has 17 nitrogen and oxygen atoms in total. The Bertz CT molecular complexity index is 1950. The number of carbonyl (C=O) groups excluding carboxylic acids is 4. The zero-order chi connectivity index (χ0) is 74.2. The lowest BCUT2D eigenvalue weighted by molar-refractivity contribution is -0.161. The number of aliphatic hydroxyl groups excluding tert-OH is 1. The van der Waals surface area contributed by atoms with Gasteiger partial charge < -0.3 is 33.8 Å². The Labute approximate surface area is 619 Å². The highest BCUT2D eigenvalue weighted by atomic mass is 31.2. The third-order valence-corrected chi connectivity index (χ3v) is 21.8. The molecule has 0 saturated carbocycles. The number of ether oxygens (including phenoxy) is 4. The van der Waals surface area contributed by atoms with E-state index in [1.165, 1.54) is 244 Å². The fourth-order valence-corrected chi connectivity index (χ4v) is 14.2. The molecule has 0 heterocycles. The molecule has 0 saturated heterocycles. The summed E-state index contributed by atoms with van der Waals surface area (Å²) in [5, 5.41) is 10.6. The van der Waals surface area contributed by atoms with Gasteiger partial charge in [-0.3, -0.25) is 37.3 Å². The van der Waals surface area contributed by atoms with Crippen LogP contribution in [0.15, 0.2) is 0 Å². The quantitative estimate of drug-likeness (QED) is 0.0222. The Morgan fingerprint density at radius 2 is 0.475 bits per heavy atom. The maximum atomic E-state index is 13.1. The molecule has 600 valence electrons. The number of hydrogen-bond donors (Lipinski definition) is 3. The molecule has 0 aliphatic rings. The summed E-state index contributed by atoms with van der Waals surface area (Å²) in [4.78, 5) is 73.0. The van der Waals surface area contributed by atoms with Gasteiger partial charge in [-0.15, -0.1) is 0 Å². The first-order valence-electron chi connectivity index (χ1n) is 42.6. The summed E-state index contributed by atoms with van der Waals surface area (Å²) in [6, 6.07) is 0. The number of esters is 4. The van der Waals surface area contributed by atoms with Crippen molar-refractivity contribution in [3.8, 4) is 0 Å². The van der Waals surface area contributed by atoms with Crippen molar-refractivity contribution in [3.05, 3.63) is 0 Å². The van der Waals surface area contributed by atoms with Crippen LogP contribution in [-0.2, 0) is 65.4 Å². The average Bonchev–Trinajstić information content (AvgIpc) is 0.947. The monoisotopic (exact) mass is 1480 g/mol. The van der Waals surface area contributed by atoms with Crippen LogP contribution in [0.3, 0.4) is 0 Å². The molecule has 0 fully saturated rings. The van der Waals surface area contributed by atoms with Gasteiger partial charge in [0.2, 0.25) is 0 Å². The van der Waals surface area contributed by atoms with Crippen molar-refractivity contribution < 1.29 is 80.2 Å². The summed E-state index contributed by atoms with van der Waals surface area (Å²) in [6.45, 7) is 9.59. The van der Waals surface area contributed by atoms with Crippen LogP contribution in [0.25, 0.3) is 0 Å². The van der Waals surface area contributed by atoms with Crippen LogP contribution >= 0.6 is 15.6 Å². The molecule has 3 N–H and O–H groups in total. The van der Waals surface area contributed by atoms with Gasteiger partial charge in [-0.1, -0.05) is 382 Å². The highest BCUT2D eigenvalue weighted by Gasteiger charge is 2.30. The standard InChI is InChI=1S/C82H160O17P2/c1-7-11-13-15-17-19-21-23-25-27-29-30-31-33-35-37-39-41-46-54-60-66-81(86)98-77(70-92-79(84)64-58-52-45-40-38-36-34-32-28-26-24-22-20-18-16-14-12-8-2)72-96-100(88,89)94-68-76(83)69-95-101(90,91)97-73-78(71-93-80(85)65-59-53-49-48-51-57-63-75(6)10-4)99-82(87)67-61-55-47-43-42-44-50-56-62-74(5)9-3/h74-78,83H,7-73H2,1-6H3,(H,88,89)(H,90,91)/t74?,75?,76-,77-,78-/m1/s1. The van der Waals surface area contributed by atoms with E-state index in [4.69, 9.17) is 37.0 Å². The fraction of sp³-hybridized carbons (Fsp3) is 0.951.